The highest BCUT2D eigenvalue weighted by Gasteiger charge is 2.60. The molecule has 0 bridgehead atoms. The number of imide groups is 1. The highest BCUT2D eigenvalue weighted by atomic mass is 16.7. The van der Waals surface area contributed by atoms with Gasteiger partial charge in [-0.15, -0.1) is 0 Å². The van der Waals surface area contributed by atoms with E-state index in [0.29, 0.717) is 0 Å². The molecule has 2 saturated heterocycles. The smallest absolute Gasteiger partial charge is 0.261 e. The molecule has 1 aromatic heterocycles. The molecule has 3 amide bonds. The first kappa shape index (κ1) is 18.7. The Morgan fingerprint density at radius 3 is 2.48 bits per heavy atom. The maximum absolute atomic E-state index is 13.4. The Morgan fingerprint density at radius 1 is 1.07 bits per heavy atom. The van der Waals surface area contributed by atoms with Gasteiger partial charge in [-0.3, -0.25) is 29.1 Å². The molecule has 0 radical (unpaired) electrons. The second-order valence-electron chi connectivity index (χ2n) is 8.53. The number of hydrogen-bond donors (Lipinski definition) is 1. The van der Waals surface area contributed by atoms with Crippen LogP contribution in [0.4, 0.5) is 0 Å². The topological polar surface area (TPSA) is 91.8 Å². The summed E-state index contributed by atoms with van der Waals surface area (Å²) in [6.45, 7) is 0.000474. The molecule has 0 aromatic carbocycles. The lowest BCUT2D eigenvalue weighted by Gasteiger charge is -2.32. The summed E-state index contributed by atoms with van der Waals surface area (Å²) in [7, 11) is 0. The van der Waals surface area contributed by atoms with Gasteiger partial charge in [0.1, 0.15) is 6.54 Å². The van der Waals surface area contributed by atoms with E-state index < -0.39 is 18.1 Å². The SMILES string of the molecule is O=C(CN1OC2C(=O)N(C3CCCCC3)C(=O)C2C1c1ccncc1)NC1CC1. The Hall–Kier alpha value is -2.32. The number of hydrogen-bond acceptors (Lipinski definition) is 6. The minimum atomic E-state index is -0.851. The third-order valence-electron chi connectivity index (χ3n) is 6.46. The standard InChI is InChI=1S/C21H26N4O4/c26-16(23-14-6-7-14)12-24-18(13-8-10-22-11-9-13)17-19(29-24)21(28)25(20(17)27)15-4-2-1-3-5-15/h8-11,14-15,17-19H,1-7,12H2,(H,23,26). The Morgan fingerprint density at radius 2 is 1.79 bits per heavy atom. The van der Waals surface area contributed by atoms with Crippen LogP contribution in [-0.4, -0.2) is 57.4 Å². The second kappa shape index (κ2) is 7.50. The number of nitrogens with zero attached hydrogens (tertiary/aromatic N) is 3. The number of likely N-dealkylation sites (tertiary alicyclic amines) is 1. The minimum Gasteiger partial charge on any atom is -0.352 e. The Bertz CT molecular complexity index is 806. The van der Waals surface area contributed by atoms with Gasteiger partial charge < -0.3 is 5.32 Å². The normalized spacial score (nSPS) is 30.6. The number of carbonyl (C=O) groups excluding carboxylic acids is 3. The third-order valence-corrected chi connectivity index (χ3v) is 6.46. The molecule has 2 aliphatic carbocycles. The molecule has 8 heteroatoms. The van der Waals surface area contributed by atoms with Gasteiger partial charge in [0.15, 0.2) is 6.10 Å². The number of pyridine rings is 1. The Balaban J connectivity index is 1.41. The maximum atomic E-state index is 13.4. The number of amides is 3. The van der Waals surface area contributed by atoms with Gasteiger partial charge in [0.25, 0.3) is 5.91 Å². The van der Waals surface area contributed by atoms with Gasteiger partial charge in [0, 0.05) is 24.5 Å². The quantitative estimate of drug-likeness (QED) is 0.753. The van der Waals surface area contributed by atoms with Crippen LogP contribution >= 0.6 is 0 Å². The van der Waals surface area contributed by atoms with Crippen molar-refractivity contribution in [3.8, 4) is 0 Å². The van der Waals surface area contributed by atoms with Crippen LogP contribution in [0.5, 0.6) is 0 Å². The summed E-state index contributed by atoms with van der Waals surface area (Å²) >= 11 is 0. The molecule has 1 N–H and O–H groups in total. The molecule has 3 heterocycles. The van der Waals surface area contributed by atoms with Gasteiger partial charge in [0.2, 0.25) is 11.8 Å². The zero-order valence-corrected chi connectivity index (χ0v) is 16.3. The molecule has 2 aliphatic heterocycles. The van der Waals surface area contributed by atoms with Gasteiger partial charge in [0.05, 0.1) is 12.0 Å². The van der Waals surface area contributed by atoms with Gasteiger partial charge in [-0.2, -0.15) is 5.06 Å². The molecular formula is C21H26N4O4. The van der Waals surface area contributed by atoms with Gasteiger partial charge >= 0.3 is 0 Å². The predicted octanol–water partition coefficient (Wildman–Crippen LogP) is 1.33. The van der Waals surface area contributed by atoms with Crippen molar-refractivity contribution in [2.24, 2.45) is 5.92 Å². The maximum Gasteiger partial charge on any atom is 0.261 e. The van der Waals surface area contributed by atoms with Crippen molar-refractivity contribution in [1.29, 1.82) is 0 Å². The van der Waals surface area contributed by atoms with Crippen LogP contribution < -0.4 is 5.32 Å². The monoisotopic (exact) mass is 398 g/mol. The number of nitrogens with one attached hydrogen (secondary N) is 1. The highest BCUT2D eigenvalue weighted by Crippen LogP contribution is 2.45. The number of hydroxylamine groups is 2. The highest BCUT2D eigenvalue weighted by molar-refractivity contribution is 6.07. The molecule has 2 saturated carbocycles. The first-order chi connectivity index (χ1) is 14.1. The van der Waals surface area contributed by atoms with Crippen LogP contribution in [0.25, 0.3) is 0 Å². The number of carbonyl (C=O) groups is 3. The summed E-state index contributed by atoms with van der Waals surface area (Å²) < 4.78 is 0. The predicted molar refractivity (Wildman–Crippen MR) is 102 cm³/mol. The van der Waals surface area contributed by atoms with E-state index in [0.717, 1.165) is 50.5 Å². The van der Waals surface area contributed by atoms with E-state index in [1.807, 2.05) is 12.1 Å². The van der Waals surface area contributed by atoms with Gasteiger partial charge in [-0.1, -0.05) is 19.3 Å². The second-order valence-corrected chi connectivity index (χ2v) is 8.53. The van der Waals surface area contributed by atoms with Crippen molar-refractivity contribution in [1.82, 2.24) is 20.3 Å². The Kier molecular flexibility index (Phi) is 4.83. The van der Waals surface area contributed by atoms with Crippen molar-refractivity contribution < 1.29 is 19.2 Å². The van der Waals surface area contributed by atoms with Crippen LogP contribution in [0.3, 0.4) is 0 Å². The first-order valence-corrected chi connectivity index (χ1v) is 10.6. The number of rotatable bonds is 5. The molecule has 154 valence electrons. The summed E-state index contributed by atoms with van der Waals surface area (Å²) in [5.41, 5.74) is 0.832. The number of fused-ring (bicyclic) bond motifs is 1. The average molecular weight is 398 g/mol. The van der Waals surface area contributed by atoms with Crippen molar-refractivity contribution in [2.45, 2.75) is 69.2 Å². The molecule has 4 fully saturated rings. The average Bonchev–Trinajstić information content (AvgIpc) is 3.41. The summed E-state index contributed by atoms with van der Waals surface area (Å²) in [4.78, 5) is 50.4. The van der Waals surface area contributed by atoms with Crippen molar-refractivity contribution in [2.75, 3.05) is 6.54 Å². The molecule has 8 nitrogen and oxygen atoms in total. The molecule has 0 spiro atoms. The fourth-order valence-corrected chi connectivity index (χ4v) is 4.90. The molecule has 5 rings (SSSR count). The van der Waals surface area contributed by atoms with E-state index in [9.17, 15) is 14.4 Å². The van der Waals surface area contributed by atoms with Crippen LogP contribution in [0.15, 0.2) is 24.5 Å². The summed E-state index contributed by atoms with van der Waals surface area (Å²) in [6, 6.07) is 3.39. The van der Waals surface area contributed by atoms with Crippen LogP contribution in [0.1, 0.15) is 56.6 Å². The molecule has 1 aromatic rings. The van der Waals surface area contributed by atoms with E-state index >= 15 is 0 Å². The Labute approximate surface area is 169 Å². The molecular weight excluding hydrogens is 372 g/mol. The van der Waals surface area contributed by atoms with Crippen molar-refractivity contribution in [3.63, 3.8) is 0 Å². The molecule has 3 unspecified atom stereocenters. The fraction of sp³-hybridized carbons (Fsp3) is 0.619. The van der Waals surface area contributed by atoms with Gasteiger partial charge in [-0.05, 0) is 43.4 Å². The summed E-state index contributed by atoms with van der Waals surface area (Å²) in [6.07, 6.45) is 9.43. The molecule has 4 aliphatic rings. The van der Waals surface area contributed by atoms with Crippen LogP contribution in [0.2, 0.25) is 0 Å². The largest absolute Gasteiger partial charge is 0.352 e. The molecule has 3 atom stereocenters. The van der Waals surface area contributed by atoms with E-state index in [-0.39, 0.29) is 36.3 Å². The summed E-state index contributed by atoms with van der Waals surface area (Å²) in [5, 5.41) is 4.47. The lowest BCUT2D eigenvalue weighted by atomic mass is 9.91. The van der Waals surface area contributed by atoms with Crippen molar-refractivity contribution >= 4 is 17.7 Å². The lowest BCUT2D eigenvalue weighted by Crippen LogP contribution is -2.45. The van der Waals surface area contributed by atoms with E-state index in [1.54, 1.807) is 12.4 Å². The van der Waals surface area contributed by atoms with Crippen LogP contribution in [0, 0.1) is 5.92 Å². The fourth-order valence-electron chi connectivity index (χ4n) is 4.90. The summed E-state index contributed by atoms with van der Waals surface area (Å²) in [5.74, 6) is -1.19. The lowest BCUT2D eigenvalue weighted by molar-refractivity contribution is -0.184. The van der Waals surface area contributed by atoms with Gasteiger partial charge in [-0.25, -0.2) is 0 Å². The first-order valence-electron chi connectivity index (χ1n) is 10.6. The zero-order valence-electron chi connectivity index (χ0n) is 16.3. The number of aromatic nitrogens is 1. The van der Waals surface area contributed by atoms with E-state index in [1.165, 1.54) is 9.96 Å². The van der Waals surface area contributed by atoms with E-state index in [4.69, 9.17) is 4.84 Å². The minimum absolute atomic E-state index is 0.000474. The van der Waals surface area contributed by atoms with Crippen LogP contribution in [-0.2, 0) is 19.2 Å². The third kappa shape index (κ3) is 3.44. The van der Waals surface area contributed by atoms with Crippen molar-refractivity contribution in [3.05, 3.63) is 30.1 Å². The zero-order chi connectivity index (χ0) is 20.0. The molecule has 29 heavy (non-hydrogen) atoms. The van der Waals surface area contributed by atoms with E-state index in [2.05, 4.69) is 10.3 Å².